The first kappa shape index (κ1) is 7.63. The van der Waals surface area contributed by atoms with Crippen LogP contribution in [-0.2, 0) is 0 Å². The molecule has 0 spiro atoms. The molecule has 0 aliphatic carbocycles. The topological polar surface area (TPSA) is 3.24 Å². The van der Waals surface area contributed by atoms with Gasteiger partial charge in [-0.3, -0.25) is 4.90 Å². The number of rotatable bonds is 2. The molecule has 1 heteroatoms. The Kier molecular flexibility index (Phi) is 2.77. The predicted octanol–water partition coefficient (Wildman–Crippen LogP) is 1.49. The molecular weight excluding hydrogens is 122 g/mol. The Balaban J connectivity index is 2.21. The molecule has 1 saturated heterocycles. The van der Waals surface area contributed by atoms with Crippen LogP contribution in [0.25, 0.3) is 0 Å². The summed E-state index contributed by atoms with van der Waals surface area (Å²) in [5.74, 6) is 2.67. The van der Waals surface area contributed by atoms with Crippen LogP contribution in [0.3, 0.4) is 0 Å². The molecule has 0 aromatic rings. The van der Waals surface area contributed by atoms with Gasteiger partial charge in [-0.25, -0.2) is 0 Å². The Morgan fingerprint density at radius 1 is 1.70 bits per heavy atom. The fraction of sp³-hybridized carbons (Fsp3) is 0.778. The van der Waals surface area contributed by atoms with Crippen LogP contribution in [0.5, 0.6) is 0 Å². The molecule has 56 valence electrons. The second kappa shape index (κ2) is 3.63. The maximum absolute atomic E-state index is 5.18. The van der Waals surface area contributed by atoms with Crippen molar-refractivity contribution in [1.29, 1.82) is 0 Å². The molecule has 0 unspecified atom stereocenters. The summed E-state index contributed by atoms with van der Waals surface area (Å²) in [5.41, 5.74) is 0. The summed E-state index contributed by atoms with van der Waals surface area (Å²) >= 11 is 0. The van der Waals surface area contributed by atoms with Crippen LogP contribution in [0.4, 0.5) is 0 Å². The molecule has 10 heavy (non-hydrogen) atoms. The van der Waals surface area contributed by atoms with Gasteiger partial charge in [-0.15, -0.1) is 12.3 Å². The lowest BCUT2D eigenvalue weighted by Gasteiger charge is -2.18. The molecule has 1 aliphatic rings. The van der Waals surface area contributed by atoms with Crippen molar-refractivity contribution in [2.45, 2.75) is 32.2 Å². The van der Waals surface area contributed by atoms with Gasteiger partial charge in [-0.1, -0.05) is 0 Å². The van der Waals surface area contributed by atoms with Crippen LogP contribution < -0.4 is 0 Å². The second-order valence-corrected chi connectivity index (χ2v) is 2.98. The second-order valence-electron chi connectivity index (χ2n) is 2.98. The van der Waals surface area contributed by atoms with E-state index in [0.29, 0.717) is 0 Å². The Labute approximate surface area is 63.4 Å². The molecule has 1 heterocycles. The van der Waals surface area contributed by atoms with Crippen LogP contribution in [0.1, 0.15) is 26.2 Å². The van der Waals surface area contributed by atoms with Crippen molar-refractivity contribution in [3.63, 3.8) is 0 Å². The van der Waals surface area contributed by atoms with E-state index in [1.54, 1.807) is 0 Å². The van der Waals surface area contributed by atoms with Crippen molar-refractivity contribution < 1.29 is 0 Å². The lowest BCUT2D eigenvalue weighted by molar-refractivity contribution is 0.275. The van der Waals surface area contributed by atoms with Crippen LogP contribution >= 0.6 is 0 Å². The van der Waals surface area contributed by atoms with Gasteiger partial charge in [-0.2, -0.15) is 0 Å². The minimum Gasteiger partial charge on any atom is -0.300 e. The van der Waals surface area contributed by atoms with Gasteiger partial charge in [0.15, 0.2) is 0 Å². The lowest BCUT2D eigenvalue weighted by Crippen LogP contribution is -2.27. The Morgan fingerprint density at radius 2 is 2.50 bits per heavy atom. The van der Waals surface area contributed by atoms with Crippen LogP contribution in [0.2, 0.25) is 0 Å². The summed E-state index contributed by atoms with van der Waals surface area (Å²) in [6, 6.07) is 0.772. The van der Waals surface area contributed by atoms with Gasteiger partial charge in [0.05, 0.1) is 0 Å². The number of nitrogens with zero attached hydrogens (tertiary/aromatic N) is 1. The Bertz CT molecular complexity index is 134. The van der Waals surface area contributed by atoms with Crippen molar-refractivity contribution in [1.82, 2.24) is 4.90 Å². The molecule has 0 saturated carbocycles. The molecule has 0 aromatic carbocycles. The zero-order valence-electron chi connectivity index (χ0n) is 6.64. The van der Waals surface area contributed by atoms with Crippen molar-refractivity contribution in [2.75, 3.05) is 13.1 Å². The van der Waals surface area contributed by atoms with Gasteiger partial charge in [0, 0.05) is 19.0 Å². The number of likely N-dealkylation sites (tertiary alicyclic amines) is 1. The van der Waals surface area contributed by atoms with Crippen molar-refractivity contribution in [3.8, 4) is 12.3 Å². The highest BCUT2D eigenvalue weighted by atomic mass is 15.2. The van der Waals surface area contributed by atoms with Crippen molar-refractivity contribution in [3.05, 3.63) is 0 Å². The first-order chi connectivity index (χ1) is 4.84. The molecule has 0 bridgehead atoms. The van der Waals surface area contributed by atoms with Gasteiger partial charge in [0.1, 0.15) is 0 Å². The highest BCUT2D eigenvalue weighted by Gasteiger charge is 2.18. The zero-order valence-corrected chi connectivity index (χ0v) is 6.64. The Hall–Kier alpha value is -0.480. The van der Waals surface area contributed by atoms with E-state index in [2.05, 4.69) is 17.7 Å². The lowest BCUT2D eigenvalue weighted by atomic mass is 10.2. The standard InChI is InChI=1S/C9H15N/c1-3-4-7-10-8-5-6-9(10)2/h1,9H,4-8H2,2H3/t9-/m0/s1. The largest absolute Gasteiger partial charge is 0.300 e. The SMILES string of the molecule is C#CCCN1CCC[C@@H]1C. The summed E-state index contributed by atoms with van der Waals surface area (Å²) < 4.78 is 0. The summed E-state index contributed by atoms with van der Waals surface area (Å²) in [4.78, 5) is 2.47. The van der Waals surface area contributed by atoms with Crippen molar-refractivity contribution >= 4 is 0 Å². The fourth-order valence-corrected chi connectivity index (χ4v) is 1.53. The smallest absolute Gasteiger partial charge is 0.0214 e. The predicted molar refractivity (Wildman–Crippen MR) is 43.7 cm³/mol. The number of hydrogen-bond acceptors (Lipinski definition) is 1. The van der Waals surface area contributed by atoms with E-state index in [-0.39, 0.29) is 0 Å². The van der Waals surface area contributed by atoms with E-state index in [4.69, 9.17) is 6.42 Å². The highest BCUT2D eigenvalue weighted by molar-refractivity contribution is 4.86. The molecule has 1 atom stereocenters. The van der Waals surface area contributed by atoms with E-state index >= 15 is 0 Å². The summed E-state index contributed by atoms with van der Waals surface area (Å²) in [6.07, 6.45) is 8.79. The minimum atomic E-state index is 0.772. The molecule has 0 N–H and O–H groups in total. The quantitative estimate of drug-likeness (QED) is 0.521. The van der Waals surface area contributed by atoms with Gasteiger partial charge in [0.25, 0.3) is 0 Å². The fourth-order valence-electron chi connectivity index (χ4n) is 1.53. The van der Waals surface area contributed by atoms with Gasteiger partial charge >= 0.3 is 0 Å². The number of hydrogen-bond donors (Lipinski definition) is 0. The summed E-state index contributed by atoms with van der Waals surface area (Å²) in [7, 11) is 0. The maximum atomic E-state index is 5.18. The molecular formula is C9H15N. The van der Waals surface area contributed by atoms with Crippen LogP contribution in [0.15, 0.2) is 0 Å². The normalized spacial score (nSPS) is 26.6. The molecule has 1 fully saturated rings. The molecule has 0 aromatic heterocycles. The van der Waals surface area contributed by atoms with Gasteiger partial charge in [0.2, 0.25) is 0 Å². The first-order valence-corrected chi connectivity index (χ1v) is 4.02. The van der Waals surface area contributed by atoms with E-state index in [0.717, 1.165) is 19.0 Å². The number of terminal acetylenes is 1. The van der Waals surface area contributed by atoms with Crippen LogP contribution in [0, 0.1) is 12.3 Å². The van der Waals surface area contributed by atoms with E-state index < -0.39 is 0 Å². The van der Waals surface area contributed by atoms with E-state index in [1.807, 2.05) is 0 Å². The zero-order chi connectivity index (χ0) is 7.40. The average molecular weight is 137 g/mol. The van der Waals surface area contributed by atoms with Gasteiger partial charge < -0.3 is 0 Å². The van der Waals surface area contributed by atoms with Crippen LogP contribution in [-0.4, -0.2) is 24.0 Å². The third-order valence-corrected chi connectivity index (χ3v) is 2.23. The molecule has 1 rings (SSSR count). The molecule has 1 nitrogen and oxygen atoms in total. The summed E-state index contributed by atoms with van der Waals surface area (Å²) in [5, 5.41) is 0. The highest BCUT2D eigenvalue weighted by Crippen LogP contribution is 2.15. The van der Waals surface area contributed by atoms with E-state index in [9.17, 15) is 0 Å². The van der Waals surface area contributed by atoms with Gasteiger partial charge in [-0.05, 0) is 26.3 Å². The minimum absolute atomic E-state index is 0.772. The molecule has 1 aliphatic heterocycles. The monoisotopic (exact) mass is 137 g/mol. The Morgan fingerprint density at radius 3 is 3.00 bits per heavy atom. The molecule has 0 radical (unpaired) electrons. The average Bonchev–Trinajstić information content (AvgIpc) is 2.31. The third kappa shape index (κ3) is 1.75. The molecule has 0 amide bonds. The van der Waals surface area contributed by atoms with E-state index in [1.165, 1.54) is 19.4 Å². The third-order valence-electron chi connectivity index (χ3n) is 2.23. The first-order valence-electron chi connectivity index (χ1n) is 4.02. The maximum Gasteiger partial charge on any atom is 0.0214 e. The summed E-state index contributed by atoms with van der Waals surface area (Å²) in [6.45, 7) is 4.63. The van der Waals surface area contributed by atoms with Crippen molar-refractivity contribution in [2.24, 2.45) is 0 Å².